The lowest BCUT2D eigenvalue weighted by molar-refractivity contribution is -0.145. The number of rotatable bonds is 3. The molecule has 3 fully saturated rings. The number of hydrogen-bond acceptors (Lipinski definition) is 4. The monoisotopic (exact) mass is 332 g/mol. The van der Waals surface area contributed by atoms with Gasteiger partial charge in [0.15, 0.2) is 0 Å². The molecule has 3 aliphatic rings. The Kier molecular flexibility index (Phi) is 4.63. The van der Waals surface area contributed by atoms with Gasteiger partial charge in [0.25, 0.3) is 5.91 Å². The summed E-state index contributed by atoms with van der Waals surface area (Å²) in [4.78, 5) is 17.2. The van der Waals surface area contributed by atoms with Gasteiger partial charge in [-0.3, -0.25) is 9.69 Å². The third-order valence-electron chi connectivity index (χ3n) is 5.99. The molecule has 0 aromatic carbocycles. The number of furan rings is 1. The van der Waals surface area contributed by atoms with Gasteiger partial charge in [0, 0.05) is 31.7 Å². The Hall–Kier alpha value is -1.33. The summed E-state index contributed by atoms with van der Waals surface area (Å²) in [6.45, 7) is 7.00. The Bertz CT molecular complexity index is 551. The van der Waals surface area contributed by atoms with Gasteiger partial charge in [-0.1, -0.05) is 6.92 Å². The predicted octanol–water partition coefficient (Wildman–Crippen LogP) is 2.52. The number of hydrogen-bond donors (Lipinski definition) is 0. The molecule has 0 bridgehead atoms. The Labute approximate surface area is 143 Å². The van der Waals surface area contributed by atoms with E-state index in [0.717, 1.165) is 64.3 Å². The van der Waals surface area contributed by atoms with Crippen LogP contribution in [-0.4, -0.2) is 54.1 Å². The topological polar surface area (TPSA) is 45.9 Å². The molecule has 5 nitrogen and oxygen atoms in total. The maximum atomic E-state index is 12.8. The van der Waals surface area contributed by atoms with Crippen molar-refractivity contribution in [2.24, 2.45) is 11.8 Å². The number of carbonyl (C=O) groups excluding carboxylic acids is 1. The van der Waals surface area contributed by atoms with Crippen LogP contribution in [0.25, 0.3) is 0 Å². The maximum Gasteiger partial charge on any atom is 0.251 e. The van der Waals surface area contributed by atoms with Crippen molar-refractivity contribution in [3.63, 3.8) is 0 Å². The van der Waals surface area contributed by atoms with Gasteiger partial charge >= 0.3 is 0 Å². The van der Waals surface area contributed by atoms with Crippen LogP contribution in [0.4, 0.5) is 0 Å². The van der Waals surface area contributed by atoms with E-state index in [4.69, 9.17) is 9.15 Å². The molecule has 0 unspecified atom stereocenters. The van der Waals surface area contributed by atoms with E-state index < -0.39 is 0 Å². The van der Waals surface area contributed by atoms with E-state index in [-0.39, 0.29) is 18.1 Å². The number of ether oxygens (including phenoxy) is 1. The second kappa shape index (κ2) is 6.89. The first kappa shape index (κ1) is 16.2. The fourth-order valence-corrected chi connectivity index (χ4v) is 4.37. The van der Waals surface area contributed by atoms with E-state index in [1.54, 1.807) is 6.26 Å². The van der Waals surface area contributed by atoms with Crippen LogP contribution in [-0.2, 0) is 16.1 Å². The largest absolute Gasteiger partial charge is 0.472 e. The van der Waals surface area contributed by atoms with E-state index >= 15 is 0 Å². The first-order valence-corrected chi connectivity index (χ1v) is 9.36. The molecular formula is C19H28N2O3. The molecule has 24 heavy (non-hydrogen) atoms. The van der Waals surface area contributed by atoms with Crippen molar-refractivity contribution >= 4 is 5.91 Å². The third kappa shape index (κ3) is 3.38. The molecule has 0 N–H and O–H groups in total. The lowest BCUT2D eigenvalue weighted by atomic mass is 9.91. The highest BCUT2D eigenvalue weighted by atomic mass is 16.5. The summed E-state index contributed by atoms with van der Waals surface area (Å²) in [6, 6.07) is 2.02. The average molecular weight is 332 g/mol. The van der Waals surface area contributed by atoms with E-state index in [2.05, 4.69) is 11.8 Å². The first-order chi connectivity index (χ1) is 11.7. The summed E-state index contributed by atoms with van der Waals surface area (Å²) in [5, 5.41) is 0. The summed E-state index contributed by atoms with van der Waals surface area (Å²) in [6.07, 6.45) is 7.84. The van der Waals surface area contributed by atoms with E-state index in [0.29, 0.717) is 5.92 Å². The van der Waals surface area contributed by atoms with Crippen LogP contribution in [0.2, 0.25) is 0 Å². The highest BCUT2D eigenvalue weighted by molar-refractivity contribution is 5.81. The minimum absolute atomic E-state index is 0.206. The second-order valence-corrected chi connectivity index (χ2v) is 7.82. The van der Waals surface area contributed by atoms with Gasteiger partial charge in [-0.05, 0) is 50.1 Å². The molecule has 3 atom stereocenters. The third-order valence-corrected chi connectivity index (χ3v) is 5.99. The standard InChI is InChI=1S/C19H28N2O3/c1-14-2-7-21(8-3-14)19(22)17-10-16-4-6-20(12-18(16)24-17)11-15-5-9-23-13-15/h5,9,13-14,16-18H,2-4,6-8,10-12H2,1H3/t16-,17+,18-/m1/s1. The van der Waals surface area contributed by atoms with Crippen molar-refractivity contribution in [2.75, 3.05) is 26.2 Å². The van der Waals surface area contributed by atoms with Crippen molar-refractivity contribution in [3.05, 3.63) is 24.2 Å². The van der Waals surface area contributed by atoms with Gasteiger partial charge in [0.05, 0.1) is 18.6 Å². The van der Waals surface area contributed by atoms with Crippen molar-refractivity contribution < 1.29 is 13.9 Å². The van der Waals surface area contributed by atoms with Gasteiger partial charge in [-0.2, -0.15) is 0 Å². The van der Waals surface area contributed by atoms with Gasteiger partial charge in [0.2, 0.25) is 0 Å². The van der Waals surface area contributed by atoms with Crippen molar-refractivity contribution in [1.29, 1.82) is 0 Å². The summed E-state index contributed by atoms with van der Waals surface area (Å²) in [5.41, 5.74) is 1.21. The highest BCUT2D eigenvalue weighted by Gasteiger charge is 2.43. The van der Waals surface area contributed by atoms with Crippen LogP contribution in [0, 0.1) is 11.8 Å². The molecule has 4 rings (SSSR count). The zero-order valence-corrected chi connectivity index (χ0v) is 14.5. The van der Waals surface area contributed by atoms with Gasteiger partial charge in [-0.15, -0.1) is 0 Å². The minimum atomic E-state index is -0.206. The number of likely N-dealkylation sites (tertiary alicyclic amines) is 2. The molecular weight excluding hydrogens is 304 g/mol. The normalized spacial score (nSPS) is 32.0. The van der Waals surface area contributed by atoms with Crippen molar-refractivity contribution in [1.82, 2.24) is 9.80 Å². The predicted molar refractivity (Wildman–Crippen MR) is 90.3 cm³/mol. The van der Waals surface area contributed by atoms with Crippen LogP contribution in [0.15, 0.2) is 23.0 Å². The van der Waals surface area contributed by atoms with Crippen LogP contribution in [0.1, 0.15) is 38.2 Å². The molecule has 0 aliphatic carbocycles. The molecule has 0 saturated carbocycles. The van der Waals surface area contributed by atoms with E-state index in [1.165, 1.54) is 5.56 Å². The van der Waals surface area contributed by atoms with Gasteiger partial charge in [0.1, 0.15) is 6.10 Å². The van der Waals surface area contributed by atoms with E-state index in [9.17, 15) is 4.79 Å². The first-order valence-electron chi connectivity index (χ1n) is 9.36. The summed E-state index contributed by atoms with van der Waals surface area (Å²) >= 11 is 0. The number of fused-ring (bicyclic) bond motifs is 1. The smallest absolute Gasteiger partial charge is 0.251 e. The molecule has 1 aromatic rings. The Morgan fingerprint density at radius 2 is 2.08 bits per heavy atom. The van der Waals surface area contributed by atoms with Crippen LogP contribution in [0.3, 0.4) is 0 Å². The number of nitrogens with zero attached hydrogens (tertiary/aromatic N) is 2. The zero-order valence-electron chi connectivity index (χ0n) is 14.5. The second-order valence-electron chi connectivity index (χ2n) is 7.82. The Balaban J connectivity index is 1.31. The molecule has 3 saturated heterocycles. The van der Waals surface area contributed by atoms with Crippen molar-refractivity contribution in [3.8, 4) is 0 Å². The molecule has 3 aliphatic heterocycles. The summed E-state index contributed by atoms with van der Waals surface area (Å²) < 4.78 is 11.4. The molecule has 1 amide bonds. The number of piperidine rings is 2. The fourth-order valence-electron chi connectivity index (χ4n) is 4.37. The molecule has 132 valence electrons. The lowest BCUT2D eigenvalue weighted by Gasteiger charge is -2.34. The van der Waals surface area contributed by atoms with Gasteiger partial charge in [-0.25, -0.2) is 0 Å². The summed E-state index contributed by atoms with van der Waals surface area (Å²) in [5.74, 6) is 1.53. The lowest BCUT2D eigenvalue weighted by Crippen LogP contribution is -2.44. The quantitative estimate of drug-likeness (QED) is 0.853. The Morgan fingerprint density at radius 1 is 1.25 bits per heavy atom. The summed E-state index contributed by atoms with van der Waals surface area (Å²) in [7, 11) is 0. The molecule has 0 radical (unpaired) electrons. The van der Waals surface area contributed by atoms with Crippen molar-refractivity contribution in [2.45, 2.75) is 51.4 Å². The van der Waals surface area contributed by atoms with Crippen LogP contribution < -0.4 is 0 Å². The average Bonchev–Trinajstić information content (AvgIpc) is 3.24. The zero-order chi connectivity index (χ0) is 16.5. The molecule has 5 heteroatoms. The maximum absolute atomic E-state index is 12.8. The number of amides is 1. The minimum Gasteiger partial charge on any atom is -0.472 e. The van der Waals surface area contributed by atoms with Gasteiger partial charge < -0.3 is 14.1 Å². The molecule has 4 heterocycles. The SMILES string of the molecule is CC1CCN(C(=O)[C@@H]2C[C@H]3CCN(Cc4ccoc4)C[C@H]3O2)CC1. The molecule has 1 aromatic heterocycles. The molecule has 0 spiro atoms. The van der Waals surface area contributed by atoms with Crippen LogP contribution >= 0.6 is 0 Å². The Morgan fingerprint density at radius 3 is 2.83 bits per heavy atom. The number of carbonyl (C=O) groups is 1. The fraction of sp³-hybridized carbons (Fsp3) is 0.737. The van der Waals surface area contributed by atoms with Crippen LogP contribution in [0.5, 0.6) is 0 Å². The van der Waals surface area contributed by atoms with E-state index in [1.807, 2.05) is 17.2 Å². The highest BCUT2D eigenvalue weighted by Crippen LogP contribution is 2.35.